The smallest absolute Gasteiger partial charge is 0.337 e. The maximum atomic E-state index is 11.3. The Balaban J connectivity index is 0.00000211. The minimum absolute atomic E-state index is 0.144. The molecule has 1 N–H and O–H groups in total. The van der Waals surface area contributed by atoms with Crippen LogP contribution in [-0.4, -0.2) is 24.0 Å². The average Bonchev–Trinajstić information content (AvgIpc) is 2.55. The van der Waals surface area contributed by atoms with Crippen LogP contribution in [-0.2, 0) is 9.53 Å². The third-order valence-corrected chi connectivity index (χ3v) is 2.72. The van der Waals surface area contributed by atoms with E-state index in [9.17, 15) is 14.7 Å². The minimum atomic E-state index is -0.890. The van der Waals surface area contributed by atoms with Gasteiger partial charge < -0.3 is 14.6 Å². The van der Waals surface area contributed by atoms with E-state index >= 15 is 0 Å². The Hall–Kier alpha value is -2.38. The second kappa shape index (κ2) is 11.3. The Morgan fingerprint density at radius 2 is 1.86 bits per heavy atom. The molecule has 22 heavy (non-hydrogen) atoms. The van der Waals surface area contributed by atoms with Crippen molar-refractivity contribution in [3.05, 3.63) is 48.6 Å². The molecule has 0 amide bonds. The molecule has 0 saturated carbocycles. The number of ketones is 1. The van der Waals surface area contributed by atoms with Crippen molar-refractivity contribution in [3.8, 4) is 11.8 Å². The van der Waals surface area contributed by atoms with E-state index in [2.05, 4.69) is 29.7 Å². The molecule has 0 aliphatic heterocycles. The molecular weight excluding hydrogens is 280 g/mol. The first-order valence-electron chi connectivity index (χ1n) is 6.88. The summed E-state index contributed by atoms with van der Waals surface area (Å²) in [6.07, 6.45) is 0.908. The van der Waals surface area contributed by atoms with E-state index in [4.69, 9.17) is 0 Å². The molecule has 0 aliphatic rings. The van der Waals surface area contributed by atoms with Gasteiger partial charge in [-0.25, -0.2) is 4.79 Å². The number of rotatable bonds is 5. The van der Waals surface area contributed by atoms with Crippen LogP contribution in [0.15, 0.2) is 37.4 Å². The molecule has 0 spiro atoms. The van der Waals surface area contributed by atoms with E-state index in [-0.39, 0.29) is 5.78 Å². The van der Waals surface area contributed by atoms with E-state index in [1.165, 1.54) is 7.11 Å². The highest BCUT2D eigenvalue weighted by atomic mass is 16.5. The highest BCUT2D eigenvalue weighted by Gasteiger charge is 2.07. The number of Topliss-reactive ketones (excluding diaryl/α,β-unsaturated/α-hetero) is 1. The molecule has 1 aromatic carbocycles. The maximum absolute atomic E-state index is 11.3. The fraction of sp³-hybridized carbons (Fsp3) is 0.333. The standard InChI is InChI=1S/C16H18O4.C2H4/c1-12(17)6-4-3-5-7-15(18)13-8-10-14(11-9-13)16(19)20-2;1-2/h8-11,15,18H,3-4,6H2,1-2H3;1-2H2. The van der Waals surface area contributed by atoms with Gasteiger partial charge in [0, 0.05) is 12.8 Å². The van der Waals surface area contributed by atoms with Crippen molar-refractivity contribution in [2.24, 2.45) is 0 Å². The summed E-state index contributed by atoms with van der Waals surface area (Å²) in [5, 5.41) is 9.86. The van der Waals surface area contributed by atoms with Gasteiger partial charge in [0.1, 0.15) is 11.9 Å². The van der Waals surface area contributed by atoms with Crippen LogP contribution >= 0.6 is 0 Å². The van der Waals surface area contributed by atoms with Crippen LogP contribution in [0.2, 0.25) is 0 Å². The van der Waals surface area contributed by atoms with Gasteiger partial charge in [-0.2, -0.15) is 0 Å². The molecule has 1 rings (SSSR count). The summed E-state index contributed by atoms with van der Waals surface area (Å²) >= 11 is 0. The van der Waals surface area contributed by atoms with Crippen molar-refractivity contribution in [1.29, 1.82) is 0 Å². The van der Waals surface area contributed by atoms with E-state index in [1.807, 2.05) is 0 Å². The molecule has 4 nitrogen and oxygen atoms in total. The van der Waals surface area contributed by atoms with Crippen molar-refractivity contribution in [2.45, 2.75) is 32.3 Å². The lowest BCUT2D eigenvalue weighted by molar-refractivity contribution is -0.117. The third kappa shape index (κ3) is 7.41. The second-order valence-corrected chi connectivity index (χ2v) is 4.39. The fourth-order valence-electron chi connectivity index (χ4n) is 1.60. The molecule has 0 radical (unpaired) electrons. The Kier molecular flexibility index (Phi) is 10.1. The predicted octanol–water partition coefficient (Wildman–Crippen LogP) is 3.07. The first kappa shape index (κ1) is 19.6. The second-order valence-electron chi connectivity index (χ2n) is 4.39. The third-order valence-electron chi connectivity index (χ3n) is 2.72. The summed E-state index contributed by atoms with van der Waals surface area (Å²) in [6.45, 7) is 7.55. The summed E-state index contributed by atoms with van der Waals surface area (Å²) in [7, 11) is 1.32. The van der Waals surface area contributed by atoms with Gasteiger partial charge in [0.25, 0.3) is 0 Å². The van der Waals surface area contributed by atoms with E-state index in [0.717, 1.165) is 0 Å². The Labute approximate surface area is 131 Å². The molecular formula is C18H22O4. The largest absolute Gasteiger partial charge is 0.465 e. The van der Waals surface area contributed by atoms with Gasteiger partial charge >= 0.3 is 5.97 Å². The molecule has 1 unspecified atom stereocenters. The summed E-state index contributed by atoms with van der Waals surface area (Å²) in [5.74, 6) is 5.29. The van der Waals surface area contributed by atoms with E-state index < -0.39 is 12.1 Å². The molecule has 0 heterocycles. The molecule has 0 bridgehead atoms. The Bertz CT molecular complexity index is 534. The number of carbonyl (C=O) groups excluding carboxylic acids is 2. The van der Waals surface area contributed by atoms with Crippen LogP contribution in [0.4, 0.5) is 0 Å². The van der Waals surface area contributed by atoms with Crippen LogP contribution in [0.1, 0.15) is 48.2 Å². The lowest BCUT2D eigenvalue weighted by Gasteiger charge is -2.04. The topological polar surface area (TPSA) is 63.6 Å². The maximum Gasteiger partial charge on any atom is 0.337 e. The molecule has 0 saturated heterocycles. The van der Waals surface area contributed by atoms with Crippen LogP contribution in [0.5, 0.6) is 0 Å². The average molecular weight is 302 g/mol. The number of hydrogen-bond donors (Lipinski definition) is 1. The van der Waals surface area contributed by atoms with Gasteiger partial charge in [-0.15, -0.1) is 19.1 Å². The van der Waals surface area contributed by atoms with Crippen molar-refractivity contribution in [1.82, 2.24) is 0 Å². The van der Waals surface area contributed by atoms with Crippen LogP contribution in [0.3, 0.4) is 0 Å². The minimum Gasteiger partial charge on any atom is -0.465 e. The van der Waals surface area contributed by atoms with Crippen molar-refractivity contribution in [3.63, 3.8) is 0 Å². The lowest BCUT2D eigenvalue weighted by Crippen LogP contribution is -2.02. The number of benzene rings is 1. The molecule has 0 aliphatic carbocycles. The predicted molar refractivity (Wildman–Crippen MR) is 86.3 cm³/mol. The number of esters is 1. The van der Waals surface area contributed by atoms with Crippen molar-refractivity contribution >= 4 is 11.8 Å². The normalized spacial score (nSPS) is 10.3. The molecule has 4 heteroatoms. The quantitative estimate of drug-likeness (QED) is 0.393. The zero-order valence-corrected chi connectivity index (χ0v) is 13.1. The monoisotopic (exact) mass is 302 g/mol. The van der Waals surface area contributed by atoms with Gasteiger partial charge in [0.05, 0.1) is 12.7 Å². The van der Waals surface area contributed by atoms with Gasteiger partial charge in [0.15, 0.2) is 0 Å². The molecule has 118 valence electrons. The number of aliphatic hydroxyl groups excluding tert-OH is 1. The first-order chi connectivity index (χ1) is 10.5. The number of hydrogen-bond acceptors (Lipinski definition) is 4. The van der Waals surface area contributed by atoms with Crippen LogP contribution in [0.25, 0.3) is 0 Å². The van der Waals surface area contributed by atoms with E-state index in [1.54, 1.807) is 31.2 Å². The molecule has 0 fully saturated rings. The highest BCUT2D eigenvalue weighted by molar-refractivity contribution is 5.89. The zero-order valence-electron chi connectivity index (χ0n) is 13.1. The van der Waals surface area contributed by atoms with Crippen LogP contribution in [0, 0.1) is 11.8 Å². The number of carbonyl (C=O) groups is 2. The number of unbranched alkanes of at least 4 members (excludes halogenated alkanes) is 1. The van der Waals surface area contributed by atoms with Gasteiger partial charge in [-0.05, 0) is 31.0 Å². The molecule has 0 aromatic heterocycles. The van der Waals surface area contributed by atoms with Gasteiger partial charge in [-0.1, -0.05) is 18.1 Å². The fourth-order valence-corrected chi connectivity index (χ4v) is 1.60. The van der Waals surface area contributed by atoms with Gasteiger partial charge in [0.2, 0.25) is 0 Å². The molecule has 1 aromatic rings. The van der Waals surface area contributed by atoms with Gasteiger partial charge in [-0.3, -0.25) is 0 Å². The van der Waals surface area contributed by atoms with E-state index in [0.29, 0.717) is 30.4 Å². The summed E-state index contributed by atoms with van der Waals surface area (Å²) in [4.78, 5) is 22.0. The highest BCUT2D eigenvalue weighted by Crippen LogP contribution is 2.13. The molecule has 1 atom stereocenters. The number of aliphatic hydroxyl groups is 1. The zero-order chi connectivity index (χ0) is 17.0. The summed E-state index contributed by atoms with van der Waals surface area (Å²) in [6, 6.07) is 6.45. The number of ether oxygens (including phenoxy) is 1. The SMILES string of the molecule is C=C.COC(=O)c1ccc(C(O)C#CCCCC(C)=O)cc1. The van der Waals surface area contributed by atoms with Crippen LogP contribution < -0.4 is 0 Å². The van der Waals surface area contributed by atoms with Crippen molar-refractivity contribution < 1.29 is 19.4 Å². The lowest BCUT2D eigenvalue weighted by atomic mass is 10.1. The first-order valence-corrected chi connectivity index (χ1v) is 6.88. The summed E-state index contributed by atoms with van der Waals surface area (Å²) < 4.78 is 4.59. The number of methoxy groups -OCH3 is 1. The summed E-state index contributed by atoms with van der Waals surface area (Å²) in [5.41, 5.74) is 1.05. The Morgan fingerprint density at radius 3 is 2.36 bits per heavy atom. The van der Waals surface area contributed by atoms with Crippen molar-refractivity contribution in [2.75, 3.05) is 7.11 Å². The Morgan fingerprint density at radius 1 is 1.27 bits per heavy atom.